The van der Waals surface area contributed by atoms with Crippen LogP contribution in [-0.2, 0) is 20.5 Å². The number of anilines is 1. The van der Waals surface area contributed by atoms with Gasteiger partial charge in [-0.1, -0.05) is 12.1 Å². The molecular formula is C26H23F4N7O3. The fourth-order valence-electron chi connectivity index (χ4n) is 3.80. The number of aromatic nitrogens is 4. The van der Waals surface area contributed by atoms with E-state index in [4.69, 9.17) is 4.74 Å². The second-order valence-corrected chi connectivity index (χ2v) is 8.87. The summed E-state index contributed by atoms with van der Waals surface area (Å²) in [5, 5.41) is 6.77. The van der Waals surface area contributed by atoms with Crippen molar-refractivity contribution in [1.29, 1.82) is 0 Å². The first-order chi connectivity index (χ1) is 18.8. The highest BCUT2D eigenvalue weighted by Crippen LogP contribution is 2.32. The number of carbonyl (C=O) groups is 2. The van der Waals surface area contributed by atoms with Crippen molar-refractivity contribution in [3.8, 4) is 5.69 Å². The fourth-order valence-corrected chi connectivity index (χ4v) is 3.80. The second kappa shape index (κ2) is 11.1. The molecule has 4 aromatic rings. The summed E-state index contributed by atoms with van der Waals surface area (Å²) in [5.41, 5.74) is 0.0543. The van der Waals surface area contributed by atoms with E-state index in [1.54, 1.807) is 25.9 Å². The number of amides is 1. The SMILES string of the molecule is CC(=O)OC(C(=O)Nc1ccc(-n2nc(C)c3ncnc(/N=C/N(C)C)c32)c(F)c1)c1cccc(C(F)(F)F)c1. The summed E-state index contributed by atoms with van der Waals surface area (Å²) in [6.45, 7) is 2.71. The highest BCUT2D eigenvalue weighted by atomic mass is 19.4. The summed E-state index contributed by atoms with van der Waals surface area (Å²) in [4.78, 5) is 39.0. The van der Waals surface area contributed by atoms with Crippen LogP contribution in [0.15, 0.2) is 53.8 Å². The van der Waals surface area contributed by atoms with Crippen LogP contribution in [0.25, 0.3) is 16.7 Å². The molecule has 14 heteroatoms. The van der Waals surface area contributed by atoms with Crippen molar-refractivity contribution in [2.75, 3.05) is 19.4 Å². The zero-order valence-electron chi connectivity index (χ0n) is 21.7. The van der Waals surface area contributed by atoms with Crippen LogP contribution >= 0.6 is 0 Å². The van der Waals surface area contributed by atoms with Gasteiger partial charge in [0.25, 0.3) is 5.91 Å². The number of aryl methyl sites for hydroxylation is 1. The topological polar surface area (TPSA) is 115 Å². The molecule has 0 aliphatic carbocycles. The lowest BCUT2D eigenvalue weighted by atomic mass is 10.0. The second-order valence-electron chi connectivity index (χ2n) is 8.87. The Balaban J connectivity index is 1.67. The number of nitrogens with zero attached hydrogens (tertiary/aromatic N) is 6. The molecular weight excluding hydrogens is 534 g/mol. The van der Waals surface area contributed by atoms with Gasteiger partial charge in [0.15, 0.2) is 11.6 Å². The molecule has 2 aromatic heterocycles. The van der Waals surface area contributed by atoms with Crippen LogP contribution in [0.2, 0.25) is 0 Å². The highest BCUT2D eigenvalue weighted by molar-refractivity contribution is 5.96. The molecule has 1 unspecified atom stereocenters. The number of alkyl halides is 3. The molecule has 208 valence electrons. The number of halogens is 4. The Bertz CT molecular complexity index is 1620. The number of fused-ring (bicyclic) bond motifs is 1. The van der Waals surface area contributed by atoms with E-state index in [9.17, 15) is 22.8 Å². The average Bonchev–Trinajstić information content (AvgIpc) is 3.22. The number of ether oxygens (including phenoxy) is 1. The van der Waals surface area contributed by atoms with Crippen molar-refractivity contribution < 1.29 is 31.9 Å². The molecule has 0 saturated heterocycles. The zero-order valence-corrected chi connectivity index (χ0v) is 21.7. The third kappa shape index (κ3) is 6.06. The fraction of sp³-hybridized carbons (Fsp3) is 0.231. The molecule has 0 aliphatic rings. The third-order valence-electron chi connectivity index (χ3n) is 5.50. The maximum atomic E-state index is 15.4. The van der Waals surface area contributed by atoms with E-state index < -0.39 is 35.5 Å². The molecule has 1 amide bonds. The lowest BCUT2D eigenvalue weighted by Gasteiger charge is -2.19. The van der Waals surface area contributed by atoms with Gasteiger partial charge >= 0.3 is 12.1 Å². The van der Waals surface area contributed by atoms with Crippen LogP contribution < -0.4 is 5.32 Å². The summed E-state index contributed by atoms with van der Waals surface area (Å²) in [5.74, 6) is -2.41. The Hall–Kier alpha value is -4.88. The predicted octanol–water partition coefficient (Wildman–Crippen LogP) is 4.75. The molecule has 40 heavy (non-hydrogen) atoms. The van der Waals surface area contributed by atoms with Gasteiger partial charge in [-0.2, -0.15) is 18.3 Å². The molecule has 2 aromatic carbocycles. The first-order valence-corrected chi connectivity index (χ1v) is 11.7. The van der Waals surface area contributed by atoms with Gasteiger partial charge < -0.3 is 15.0 Å². The number of nitrogens with one attached hydrogen (secondary N) is 1. The molecule has 1 atom stereocenters. The molecule has 0 bridgehead atoms. The summed E-state index contributed by atoms with van der Waals surface area (Å²) in [6, 6.07) is 7.55. The van der Waals surface area contributed by atoms with Gasteiger partial charge in [-0.3, -0.25) is 9.59 Å². The van der Waals surface area contributed by atoms with Crippen molar-refractivity contribution >= 4 is 40.8 Å². The highest BCUT2D eigenvalue weighted by Gasteiger charge is 2.33. The number of hydrogen-bond acceptors (Lipinski definition) is 7. The van der Waals surface area contributed by atoms with E-state index >= 15 is 4.39 Å². The van der Waals surface area contributed by atoms with Crippen LogP contribution in [0.3, 0.4) is 0 Å². The molecule has 0 radical (unpaired) electrons. The lowest BCUT2D eigenvalue weighted by molar-refractivity contribution is -0.152. The smallest absolute Gasteiger partial charge is 0.416 e. The molecule has 2 heterocycles. The van der Waals surface area contributed by atoms with E-state index in [0.29, 0.717) is 22.8 Å². The maximum Gasteiger partial charge on any atom is 0.416 e. The number of aliphatic imine (C=N–C) groups is 1. The minimum Gasteiger partial charge on any atom is -0.447 e. The maximum absolute atomic E-state index is 15.4. The Kier molecular flexibility index (Phi) is 7.79. The Morgan fingerprint density at radius 2 is 1.90 bits per heavy atom. The molecule has 0 fully saturated rings. The summed E-state index contributed by atoms with van der Waals surface area (Å²) in [6.07, 6.45) is -3.55. The van der Waals surface area contributed by atoms with Crippen molar-refractivity contribution in [3.05, 3.63) is 71.4 Å². The standard InChI is InChI=1S/C26H23F4N7O3/c1-14-21-22(24(32-12-31-21)33-13-36(3)4)37(35-14)20-9-8-18(11-19(20)27)34-25(39)23(40-15(2)38)16-6-5-7-17(10-16)26(28,29)30/h5-13,23H,1-4H3,(H,34,39)/b33-13+. The first-order valence-electron chi connectivity index (χ1n) is 11.7. The summed E-state index contributed by atoms with van der Waals surface area (Å²) in [7, 11) is 3.55. The first kappa shape index (κ1) is 28.1. The van der Waals surface area contributed by atoms with E-state index in [0.717, 1.165) is 25.1 Å². The largest absolute Gasteiger partial charge is 0.447 e. The summed E-state index contributed by atoms with van der Waals surface area (Å²) < 4.78 is 61.3. The number of esters is 1. The van der Waals surface area contributed by atoms with Gasteiger partial charge in [0.05, 0.1) is 17.6 Å². The van der Waals surface area contributed by atoms with Gasteiger partial charge in [0.1, 0.15) is 23.0 Å². The van der Waals surface area contributed by atoms with Crippen molar-refractivity contribution in [1.82, 2.24) is 24.6 Å². The molecule has 1 N–H and O–H groups in total. The Morgan fingerprint density at radius 1 is 1.15 bits per heavy atom. The van der Waals surface area contributed by atoms with Gasteiger partial charge in [-0.15, -0.1) is 0 Å². The van der Waals surface area contributed by atoms with Crippen LogP contribution in [-0.4, -0.2) is 57.0 Å². The van der Waals surface area contributed by atoms with Gasteiger partial charge in [0, 0.05) is 32.3 Å². The van der Waals surface area contributed by atoms with Crippen LogP contribution in [0, 0.1) is 12.7 Å². The summed E-state index contributed by atoms with van der Waals surface area (Å²) >= 11 is 0. The quantitative estimate of drug-likeness (QED) is 0.151. The minimum absolute atomic E-state index is 0.00150. The number of rotatable bonds is 7. The molecule has 4 rings (SSSR count). The predicted molar refractivity (Wildman–Crippen MR) is 138 cm³/mol. The van der Waals surface area contributed by atoms with Crippen molar-refractivity contribution in [3.63, 3.8) is 0 Å². The van der Waals surface area contributed by atoms with Crippen LogP contribution in [0.4, 0.5) is 29.1 Å². The molecule has 0 spiro atoms. The van der Waals surface area contributed by atoms with Crippen molar-refractivity contribution in [2.45, 2.75) is 26.1 Å². The molecule has 0 saturated carbocycles. The van der Waals surface area contributed by atoms with E-state index in [-0.39, 0.29) is 22.8 Å². The van der Waals surface area contributed by atoms with Gasteiger partial charge in [-0.05, 0) is 37.3 Å². The normalized spacial score (nSPS) is 12.5. The van der Waals surface area contributed by atoms with E-state index in [1.807, 2.05) is 0 Å². The van der Waals surface area contributed by atoms with E-state index in [1.165, 1.54) is 35.5 Å². The average molecular weight is 558 g/mol. The van der Waals surface area contributed by atoms with E-state index in [2.05, 4.69) is 25.4 Å². The van der Waals surface area contributed by atoms with Crippen LogP contribution in [0.1, 0.15) is 29.8 Å². The third-order valence-corrected chi connectivity index (χ3v) is 5.50. The number of hydrogen-bond donors (Lipinski definition) is 1. The zero-order chi connectivity index (χ0) is 29.2. The Labute approximate surface area is 225 Å². The molecule has 0 aliphatic heterocycles. The lowest BCUT2D eigenvalue weighted by Crippen LogP contribution is -2.25. The van der Waals surface area contributed by atoms with Gasteiger partial charge in [0.2, 0.25) is 6.10 Å². The minimum atomic E-state index is -4.68. The monoisotopic (exact) mass is 557 g/mol. The van der Waals surface area contributed by atoms with Gasteiger partial charge in [-0.25, -0.2) is 24.0 Å². The van der Waals surface area contributed by atoms with Crippen LogP contribution in [0.5, 0.6) is 0 Å². The number of carbonyl (C=O) groups excluding carboxylic acids is 2. The molecule has 10 nitrogen and oxygen atoms in total. The Morgan fingerprint density at radius 3 is 2.55 bits per heavy atom. The van der Waals surface area contributed by atoms with Crippen molar-refractivity contribution in [2.24, 2.45) is 4.99 Å². The number of benzene rings is 2.